The van der Waals surface area contributed by atoms with Gasteiger partial charge in [0.2, 0.25) is 0 Å². The van der Waals surface area contributed by atoms with E-state index in [1.807, 2.05) is 25.1 Å². The van der Waals surface area contributed by atoms with E-state index < -0.39 is 0 Å². The van der Waals surface area contributed by atoms with Gasteiger partial charge in [-0.15, -0.1) is 0 Å². The number of hydrogen-bond acceptors (Lipinski definition) is 5. The van der Waals surface area contributed by atoms with E-state index in [0.29, 0.717) is 18.6 Å². The van der Waals surface area contributed by atoms with Crippen LogP contribution < -0.4 is 5.32 Å². The maximum Gasteiger partial charge on any atom is 0.338 e. The molecule has 5 heteroatoms. The van der Waals surface area contributed by atoms with Crippen LogP contribution in [0.3, 0.4) is 0 Å². The molecule has 0 unspecified atom stereocenters. The van der Waals surface area contributed by atoms with Crippen LogP contribution in [0.4, 0.5) is 0 Å². The number of esters is 1. The number of carbonyl (C=O) groups excluding carboxylic acids is 1. The highest BCUT2D eigenvalue weighted by Gasteiger charge is 2.34. The summed E-state index contributed by atoms with van der Waals surface area (Å²) in [5.41, 5.74) is 1.38. The van der Waals surface area contributed by atoms with Crippen LogP contribution in [0, 0.1) is 0 Å². The number of hydrogen-bond donors (Lipinski definition) is 1. The van der Waals surface area contributed by atoms with Crippen molar-refractivity contribution >= 4 is 17.6 Å². The molecular weight excluding hydrogens is 314 g/mol. The Bertz CT molecular complexity index is 688. The highest BCUT2D eigenvalue weighted by Crippen LogP contribution is 2.34. The average Bonchev–Trinajstić information content (AvgIpc) is 2.62. The lowest BCUT2D eigenvalue weighted by molar-refractivity contribution is 0.0526. The molecule has 0 atom stereocenters. The number of aliphatic imine (C=N–C) groups is 2. The monoisotopic (exact) mass is 341 g/mol. The molecule has 1 heterocycles. The normalized spacial score (nSPS) is 19.0. The molecule has 0 aromatic heterocycles. The van der Waals surface area contributed by atoms with E-state index in [0.717, 1.165) is 36.5 Å². The summed E-state index contributed by atoms with van der Waals surface area (Å²) in [5, 5.41) is 3.38. The summed E-state index contributed by atoms with van der Waals surface area (Å²) in [6.07, 6.45) is 7.27. The fourth-order valence-electron chi connectivity index (χ4n) is 3.56. The molecule has 2 aliphatic rings. The Morgan fingerprint density at radius 2 is 1.92 bits per heavy atom. The lowest BCUT2D eigenvalue weighted by atomic mass is 9.89. The number of amidine groups is 2. The van der Waals surface area contributed by atoms with Crippen molar-refractivity contribution < 1.29 is 9.53 Å². The second-order valence-corrected chi connectivity index (χ2v) is 6.74. The Labute approximate surface area is 149 Å². The number of nitrogens with zero attached hydrogens (tertiary/aromatic N) is 2. The minimum absolute atomic E-state index is 0.261. The lowest BCUT2D eigenvalue weighted by Crippen LogP contribution is -2.43. The van der Waals surface area contributed by atoms with Gasteiger partial charge in [-0.05, 0) is 50.3 Å². The zero-order valence-corrected chi connectivity index (χ0v) is 15.2. The van der Waals surface area contributed by atoms with Crippen molar-refractivity contribution in [3.8, 4) is 0 Å². The molecule has 0 amide bonds. The maximum atomic E-state index is 11.9. The summed E-state index contributed by atoms with van der Waals surface area (Å²) in [4.78, 5) is 21.8. The van der Waals surface area contributed by atoms with Gasteiger partial charge in [0.1, 0.15) is 11.7 Å². The quantitative estimate of drug-likeness (QED) is 0.827. The number of carbonyl (C=O) groups is 1. The van der Waals surface area contributed by atoms with Crippen molar-refractivity contribution in [2.24, 2.45) is 9.98 Å². The second-order valence-electron chi connectivity index (χ2n) is 6.74. The summed E-state index contributed by atoms with van der Waals surface area (Å²) in [7, 11) is 0. The second kappa shape index (κ2) is 7.81. The highest BCUT2D eigenvalue weighted by atomic mass is 16.5. The molecule has 0 radical (unpaired) electrons. The lowest BCUT2D eigenvalue weighted by Gasteiger charge is -2.35. The van der Waals surface area contributed by atoms with Gasteiger partial charge in [-0.2, -0.15) is 0 Å². The van der Waals surface area contributed by atoms with Gasteiger partial charge in [-0.25, -0.2) is 14.8 Å². The SMILES string of the molecule is CCOC(=O)c1cccc(CC2=NC3(CCCCC3)N=C(CC)N2)c1. The highest BCUT2D eigenvalue weighted by molar-refractivity contribution is 6.03. The third-order valence-electron chi connectivity index (χ3n) is 4.77. The molecule has 1 fully saturated rings. The molecule has 1 aromatic carbocycles. The van der Waals surface area contributed by atoms with Crippen molar-refractivity contribution in [1.29, 1.82) is 0 Å². The Kier molecular flexibility index (Phi) is 5.51. The van der Waals surface area contributed by atoms with E-state index in [4.69, 9.17) is 14.7 Å². The van der Waals surface area contributed by atoms with Crippen LogP contribution in [0.1, 0.15) is 68.3 Å². The fourth-order valence-corrected chi connectivity index (χ4v) is 3.56. The predicted molar refractivity (Wildman–Crippen MR) is 100 cm³/mol. The van der Waals surface area contributed by atoms with Gasteiger partial charge in [0, 0.05) is 12.8 Å². The van der Waals surface area contributed by atoms with Crippen LogP contribution >= 0.6 is 0 Å². The minimum Gasteiger partial charge on any atom is -0.462 e. The summed E-state index contributed by atoms with van der Waals surface area (Å²) in [6, 6.07) is 7.61. The van der Waals surface area contributed by atoms with Crippen LogP contribution in [0.15, 0.2) is 34.3 Å². The molecule has 1 aromatic rings. The number of ether oxygens (including phenoxy) is 1. The van der Waals surface area contributed by atoms with Crippen LogP contribution in [0.5, 0.6) is 0 Å². The standard InChI is InChI=1S/C20H27N3O2/c1-3-17-21-18(23-20(22-17)11-6-5-7-12-20)14-15-9-8-10-16(13-15)19(24)25-4-2/h8-10,13H,3-7,11-12,14H2,1-2H3,(H,21,22,23). The zero-order valence-electron chi connectivity index (χ0n) is 15.2. The first-order valence-corrected chi connectivity index (χ1v) is 9.34. The fraction of sp³-hybridized carbons (Fsp3) is 0.550. The third-order valence-corrected chi connectivity index (χ3v) is 4.77. The van der Waals surface area contributed by atoms with Gasteiger partial charge in [0.25, 0.3) is 0 Å². The third kappa shape index (κ3) is 4.27. The largest absolute Gasteiger partial charge is 0.462 e. The van der Waals surface area contributed by atoms with Gasteiger partial charge in [-0.1, -0.05) is 25.5 Å². The van der Waals surface area contributed by atoms with Gasteiger partial charge in [-0.3, -0.25) is 0 Å². The molecule has 25 heavy (non-hydrogen) atoms. The first-order chi connectivity index (χ1) is 12.1. The van der Waals surface area contributed by atoms with Gasteiger partial charge in [0.05, 0.1) is 12.2 Å². The van der Waals surface area contributed by atoms with Crippen LogP contribution in [-0.4, -0.2) is 29.9 Å². The number of rotatable bonds is 5. The number of nitrogens with one attached hydrogen (secondary N) is 1. The smallest absolute Gasteiger partial charge is 0.338 e. The van der Waals surface area contributed by atoms with Crippen molar-refractivity contribution in [3.63, 3.8) is 0 Å². The Morgan fingerprint density at radius 3 is 2.64 bits per heavy atom. The van der Waals surface area contributed by atoms with Gasteiger partial charge < -0.3 is 10.1 Å². The zero-order chi connectivity index (χ0) is 17.7. The molecule has 0 saturated heterocycles. The van der Waals surface area contributed by atoms with Crippen molar-refractivity contribution in [1.82, 2.24) is 5.32 Å². The van der Waals surface area contributed by atoms with Crippen molar-refractivity contribution in [2.75, 3.05) is 6.61 Å². The topological polar surface area (TPSA) is 63.0 Å². The molecule has 5 nitrogen and oxygen atoms in total. The molecule has 3 rings (SSSR count). The molecule has 1 N–H and O–H groups in total. The van der Waals surface area contributed by atoms with Crippen LogP contribution in [0.25, 0.3) is 0 Å². The Morgan fingerprint density at radius 1 is 1.16 bits per heavy atom. The average molecular weight is 341 g/mol. The molecule has 0 bridgehead atoms. The maximum absolute atomic E-state index is 11.9. The summed E-state index contributed by atoms with van der Waals surface area (Å²) < 4.78 is 5.09. The molecule has 1 aliphatic carbocycles. The van der Waals surface area contributed by atoms with E-state index in [2.05, 4.69) is 12.2 Å². The molecular formula is C20H27N3O2. The van der Waals surface area contributed by atoms with Crippen molar-refractivity contribution in [3.05, 3.63) is 35.4 Å². The Hall–Kier alpha value is -2.17. The van der Waals surface area contributed by atoms with E-state index in [-0.39, 0.29) is 11.6 Å². The summed E-state index contributed by atoms with van der Waals surface area (Å²) in [6.45, 7) is 4.32. The molecule has 134 valence electrons. The minimum atomic E-state index is -0.276. The van der Waals surface area contributed by atoms with E-state index in [9.17, 15) is 4.79 Å². The molecule has 1 saturated carbocycles. The van der Waals surface area contributed by atoms with Crippen LogP contribution in [0.2, 0.25) is 0 Å². The summed E-state index contributed by atoms with van der Waals surface area (Å²) >= 11 is 0. The van der Waals surface area contributed by atoms with E-state index >= 15 is 0 Å². The first kappa shape index (κ1) is 17.6. The van der Waals surface area contributed by atoms with Gasteiger partial charge >= 0.3 is 5.97 Å². The van der Waals surface area contributed by atoms with E-state index in [1.54, 1.807) is 6.07 Å². The Balaban J connectivity index is 1.80. The summed E-state index contributed by atoms with van der Waals surface area (Å²) in [5.74, 6) is 1.70. The van der Waals surface area contributed by atoms with E-state index in [1.165, 1.54) is 19.3 Å². The first-order valence-electron chi connectivity index (χ1n) is 9.34. The van der Waals surface area contributed by atoms with Gasteiger partial charge in [0.15, 0.2) is 5.66 Å². The number of benzene rings is 1. The van der Waals surface area contributed by atoms with Crippen molar-refractivity contribution in [2.45, 2.75) is 64.5 Å². The molecule has 1 aliphatic heterocycles. The predicted octanol–water partition coefficient (Wildman–Crippen LogP) is 3.88. The molecule has 1 spiro atoms. The van der Waals surface area contributed by atoms with Crippen LogP contribution in [-0.2, 0) is 11.2 Å².